The van der Waals surface area contributed by atoms with Gasteiger partial charge in [-0.2, -0.15) is 0 Å². The number of carboxylic acid groups (broad SMARTS) is 1. The Hall–Kier alpha value is -1.45. The van der Waals surface area contributed by atoms with Crippen LogP contribution in [-0.2, 0) is 6.42 Å². The lowest BCUT2D eigenvalue weighted by Crippen LogP contribution is -2.04. The third-order valence-corrected chi connectivity index (χ3v) is 1.90. The van der Waals surface area contributed by atoms with Crippen LogP contribution in [-0.4, -0.2) is 11.1 Å². The Morgan fingerprint density at radius 2 is 1.93 bits per heavy atom. The molecule has 2 nitrogen and oxygen atoms in total. The number of carbonyl (C=O) groups is 1. The van der Waals surface area contributed by atoms with E-state index in [1.165, 1.54) is 0 Å². The summed E-state index contributed by atoms with van der Waals surface area (Å²) in [6.45, 7) is 1.84. The van der Waals surface area contributed by atoms with Crippen molar-refractivity contribution in [2.45, 2.75) is 19.8 Å². The molecule has 0 amide bonds. The van der Waals surface area contributed by atoms with E-state index in [0.717, 1.165) is 12.1 Å². The number of hydrogen-bond acceptors (Lipinski definition) is 1. The van der Waals surface area contributed by atoms with E-state index < -0.39 is 17.6 Å². The van der Waals surface area contributed by atoms with Crippen LogP contribution in [0.15, 0.2) is 12.1 Å². The SMILES string of the molecule is CCCc1cc(F)c(F)cc1C(=O)O. The largest absolute Gasteiger partial charge is 0.478 e. The highest BCUT2D eigenvalue weighted by atomic mass is 19.2. The molecule has 0 fully saturated rings. The van der Waals surface area contributed by atoms with Crippen molar-refractivity contribution in [3.8, 4) is 0 Å². The highest BCUT2D eigenvalue weighted by molar-refractivity contribution is 5.89. The van der Waals surface area contributed by atoms with E-state index in [2.05, 4.69) is 0 Å². The summed E-state index contributed by atoms with van der Waals surface area (Å²) in [4.78, 5) is 10.7. The molecule has 0 aliphatic rings. The van der Waals surface area contributed by atoms with Crippen LogP contribution < -0.4 is 0 Å². The van der Waals surface area contributed by atoms with Gasteiger partial charge in [0.1, 0.15) is 0 Å². The molecule has 0 aliphatic carbocycles. The normalized spacial score (nSPS) is 10.2. The van der Waals surface area contributed by atoms with Crippen molar-refractivity contribution in [1.82, 2.24) is 0 Å². The number of aromatic carboxylic acids is 1. The Balaban J connectivity index is 3.24. The van der Waals surface area contributed by atoms with E-state index in [-0.39, 0.29) is 5.56 Å². The predicted octanol–water partition coefficient (Wildman–Crippen LogP) is 2.62. The van der Waals surface area contributed by atoms with Crippen molar-refractivity contribution in [2.75, 3.05) is 0 Å². The van der Waals surface area contributed by atoms with Gasteiger partial charge in [-0.1, -0.05) is 13.3 Å². The van der Waals surface area contributed by atoms with Crippen LogP contribution >= 0.6 is 0 Å². The van der Waals surface area contributed by atoms with Gasteiger partial charge >= 0.3 is 5.97 Å². The van der Waals surface area contributed by atoms with Crippen LogP contribution in [0.4, 0.5) is 8.78 Å². The zero-order valence-corrected chi connectivity index (χ0v) is 7.68. The first kappa shape index (κ1) is 10.6. The zero-order valence-electron chi connectivity index (χ0n) is 7.68. The number of benzene rings is 1. The summed E-state index contributed by atoms with van der Waals surface area (Å²) >= 11 is 0. The predicted molar refractivity (Wildman–Crippen MR) is 47.3 cm³/mol. The quantitative estimate of drug-likeness (QED) is 0.814. The van der Waals surface area contributed by atoms with Crippen molar-refractivity contribution in [2.24, 2.45) is 0 Å². The summed E-state index contributed by atoms with van der Waals surface area (Å²) in [6, 6.07) is 1.67. The molecule has 76 valence electrons. The molecule has 0 heterocycles. The molecule has 0 saturated carbocycles. The number of carboxylic acids is 1. The van der Waals surface area contributed by atoms with E-state index in [1.54, 1.807) is 0 Å². The molecule has 0 aromatic heterocycles. The molecular weight excluding hydrogens is 190 g/mol. The molecule has 0 saturated heterocycles. The molecule has 0 radical (unpaired) electrons. The third kappa shape index (κ3) is 2.07. The average Bonchev–Trinajstić information content (AvgIpc) is 2.11. The first-order valence-electron chi connectivity index (χ1n) is 4.27. The van der Waals surface area contributed by atoms with Crippen LogP contribution in [0.1, 0.15) is 29.3 Å². The topological polar surface area (TPSA) is 37.3 Å². The van der Waals surface area contributed by atoms with Crippen LogP contribution in [0.2, 0.25) is 0 Å². The third-order valence-electron chi connectivity index (χ3n) is 1.90. The molecule has 4 heteroatoms. The van der Waals surface area contributed by atoms with Gasteiger partial charge < -0.3 is 5.11 Å². The maximum absolute atomic E-state index is 12.8. The molecule has 0 aliphatic heterocycles. The van der Waals surface area contributed by atoms with Crippen LogP contribution in [0.3, 0.4) is 0 Å². The Morgan fingerprint density at radius 3 is 2.43 bits per heavy atom. The van der Waals surface area contributed by atoms with Gasteiger partial charge in [-0.15, -0.1) is 0 Å². The van der Waals surface area contributed by atoms with E-state index in [9.17, 15) is 13.6 Å². The summed E-state index contributed by atoms with van der Waals surface area (Å²) < 4.78 is 25.5. The van der Waals surface area contributed by atoms with Crippen molar-refractivity contribution < 1.29 is 18.7 Å². The lowest BCUT2D eigenvalue weighted by Gasteiger charge is -2.05. The van der Waals surface area contributed by atoms with Crippen LogP contribution in [0.25, 0.3) is 0 Å². The molecule has 0 bridgehead atoms. The second-order valence-corrected chi connectivity index (χ2v) is 2.98. The monoisotopic (exact) mass is 200 g/mol. The Bertz CT molecular complexity index is 361. The lowest BCUT2D eigenvalue weighted by molar-refractivity contribution is 0.0695. The minimum absolute atomic E-state index is 0.161. The van der Waals surface area contributed by atoms with E-state index >= 15 is 0 Å². The number of halogens is 2. The fraction of sp³-hybridized carbons (Fsp3) is 0.300. The molecule has 1 N–H and O–H groups in total. The standard InChI is InChI=1S/C10H10F2O2/c1-2-3-6-4-8(11)9(12)5-7(6)10(13)14/h4-5H,2-3H2,1H3,(H,13,14). The summed E-state index contributed by atoms with van der Waals surface area (Å²) in [5.74, 6) is -3.35. The maximum atomic E-state index is 12.8. The Labute approximate surface area is 80.2 Å². The van der Waals surface area contributed by atoms with Gasteiger partial charge in [0.15, 0.2) is 11.6 Å². The summed E-state index contributed by atoms with van der Waals surface area (Å²) in [6.07, 6.45) is 1.12. The average molecular weight is 200 g/mol. The first-order valence-corrected chi connectivity index (χ1v) is 4.27. The molecule has 0 spiro atoms. The fourth-order valence-electron chi connectivity index (χ4n) is 1.26. The van der Waals surface area contributed by atoms with Gasteiger partial charge in [0.2, 0.25) is 0 Å². The van der Waals surface area contributed by atoms with Crippen molar-refractivity contribution in [1.29, 1.82) is 0 Å². The van der Waals surface area contributed by atoms with Gasteiger partial charge in [-0.3, -0.25) is 0 Å². The highest BCUT2D eigenvalue weighted by Crippen LogP contribution is 2.16. The molecule has 0 atom stereocenters. The number of hydrogen-bond donors (Lipinski definition) is 1. The molecular formula is C10H10F2O2. The molecule has 1 aromatic carbocycles. The van der Waals surface area contributed by atoms with Gasteiger partial charge in [0, 0.05) is 0 Å². The Kier molecular flexibility index (Phi) is 3.17. The van der Waals surface area contributed by atoms with Gasteiger partial charge in [-0.25, -0.2) is 13.6 Å². The summed E-state index contributed by atoms with van der Waals surface area (Å²) in [7, 11) is 0. The number of rotatable bonds is 3. The van der Waals surface area contributed by atoms with Gasteiger partial charge in [0.25, 0.3) is 0 Å². The zero-order chi connectivity index (χ0) is 10.7. The number of aryl methyl sites for hydroxylation is 1. The molecule has 0 unspecified atom stereocenters. The van der Waals surface area contributed by atoms with Gasteiger partial charge in [-0.05, 0) is 24.1 Å². The minimum Gasteiger partial charge on any atom is -0.478 e. The van der Waals surface area contributed by atoms with Gasteiger partial charge in [0.05, 0.1) is 5.56 Å². The van der Waals surface area contributed by atoms with Crippen molar-refractivity contribution in [3.63, 3.8) is 0 Å². The second kappa shape index (κ2) is 4.17. The van der Waals surface area contributed by atoms with E-state index in [4.69, 9.17) is 5.11 Å². The Morgan fingerprint density at radius 1 is 1.36 bits per heavy atom. The van der Waals surface area contributed by atoms with Crippen LogP contribution in [0, 0.1) is 11.6 Å². The van der Waals surface area contributed by atoms with Crippen LogP contribution in [0.5, 0.6) is 0 Å². The maximum Gasteiger partial charge on any atom is 0.336 e. The van der Waals surface area contributed by atoms with E-state index in [1.807, 2.05) is 6.92 Å². The molecule has 1 aromatic rings. The van der Waals surface area contributed by atoms with Crippen molar-refractivity contribution in [3.05, 3.63) is 34.9 Å². The fourth-order valence-corrected chi connectivity index (χ4v) is 1.26. The second-order valence-electron chi connectivity index (χ2n) is 2.98. The van der Waals surface area contributed by atoms with Crippen molar-refractivity contribution >= 4 is 5.97 Å². The summed E-state index contributed by atoms with van der Waals surface area (Å²) in [5.41, 5.74) is 0.171. The summed E-state index contributed by atoms with van der Waals surface area (Å²) in [5, 5.41) is 8.72. The van der Waals surface area contributed by atoms with E-state index in [0.29, 0.717) is 18.4 Å². The lowest BCUT2D eigenvalue weighted by atomic mass is 10.0. The molecule has 1 rings (SSSR count). The smallest absolute Gasteiger partial charge is 0.336 e. The molecule has 14 heavy (non-hydrogen) atoms. The highest BCUT2D eigenvalue weighted by Gasteiger charge is 2.14. The first-order chi connectivity index (χ1) is 6.56. The minimum atomic E-state index is -1.23.